The number of halogens is 2. The lowest BCUT2D eigenvalue weighted by atomic mass is 10.0. The van der Waals surface area contributed by atoms with E-state index >= 15 is 0 Å². The van der Waals surface area contributed by atoms with E-state index < -0.39 is 10.0 Å². The maximum atomic E-state index is 12.5. The fourth-order valence-corrected chi connectivity index (χ4v) is 4.64. The Hall–Kier alpha value is -0.800. The highest BCUT2D eigenvalue weighted by Crippen LogP contribution is 2.33. The summed E-state index contributed by atoms with van der Waals surface area (Å²) >= 11 is 11.9. The third-order valence-electron chi connectivity index (χ3n) is 3.15. The van der Waals surface area contributed by atoms with Crippen molar-refractivity contribution >= 4 is 33.2 Å². The Morgan fingerprint density at radius 1 is 1.21 bits per heavy atom. The first-order valence-electron chi connectivity index (χ1n) is 5.80. The lowest BCUT2D eigenvalue weighted by Gasteiger charge is -2.28. The minimum atomic E-state index is -3.69. The van der Waals surface area contributed by atoms with Gasteiger partial charge < -0.3 is 0 Å². The van der Waals surface area contributed by atoms with Gasteiger partial charge in [-0.1, -0.05) is 29.3 Å². The summed E-state index contributed by atoms with van der Waals surface area (Å²) in [5.41, 5.74) is 0. The second-order valence-electron chi connectivity index (χ2n) is 4.36. The molecule has 1 aliphatic rings. The standard InChI is InChI=1S/C12H12Cl2N2O2S/c13-10-2-1-3-11(14)12(10)19(17,18)16-6-4-9(8-15)5-7-16/h1-3,9H,4-7H2. The van der Waals surface area contributed by atoms with E-state index in [1.54, 1.807) is 6.07 Å². The number of hydrogen-bond donors (Lipinski definition) is 0. The predicted molar refractivity (Wildman–Crippen MR) is 73.6 cm³/mol. The zero-order chi connectivity index (χ0) is 14.0. The maximum absolute atomic E-state index is 12.5. The highest BCUT2D eigenvalue weighted by molar-refractivity contribution is 7.89. The van der Waals surface area contributed by atoms with Gasteiger partial charge in [-0.3, -0.25) is 0 Å². The van der Waals surface area contributed by atoms with E-state index in [0.717, 1.165) is 0 Å². The Labute approximate surface area is 122 Å². The topological polar surface area (TPSA) is 61.2 Å². The van der Waals surface area contributed by atoms with Crippen molar-refractivity contribution in [2.75, 3.05) is 13.1 Å². The SMILES string of the molecule is N#CC1CCN(S(=O)(=O)c2c(Cl)cccc2Cl)CC1. The second-order valence-corrected chi connectivity index (χ2v) is 7.05. The van der Waals surface area contributed by atoms with E-state index in [9.17, 15) is 8.42 Å². The monoisotopic (exact) mass is 318 g/mol. The molecule has 0 unspecified atom stereocenters. The summed E-state index contributed by atoms with van der Waals surface area (Å²) < 4.78 is 26.3. The van der Waals surface area contributed by atoms with Crippen molar-refractivity contribution in [3.8, 4) is 6.07 Å². The van der Waals surface area contributed by atoms with E-state index in [1.807, 2.05) is 0 Å². The van der Waals surface area contributed by atoms with Gasteiger partial charge in [-0.25, -0.2) is 8.42 Å². The Morgan fingerprint density at radius 3 is 2.21 bits per heavy atom. The van der Waals surface area contributed by atoms with Gasteiger partial charge in [-0.05, 0) is 25.0 Å². The van der Waals surface area contributed by atoms with Gasteiger partial charge in [0.2, 0.25) is 10.0 Å². The van der Waals surface area contributed by atoms with Crippen LogP contribution in [0.1, 0.15) is 12.8 Å². The molecule has 0 aromatic heterocycles. The summed E-state index contributed by atoms with van der Waals surface area (Å²) in [5.74, 6) is -0.0758. The summed E-state index contributed by atoms with van der Waals surface area (Å²) in [7, 11) is -3.69. The van der Waals surface area contributed by atoms with Crippen LogP contribution in [-0.4, -0.2) is 25.8 Å². The molecule has 0 amide bonds. The van der Waals surface area contributed by atoms with E-state index in [1.165, 1.54) is 16.4 Å². The minimum absolute atomic E-state index is 0.0475. The van der Waals surface area contributed by atoms with Gasteiger partial charge in [0.15, 0.2) is 0 Å². The van der Waals surface area contributed by atoms with Crippen molar-refractivity contribution in [2.45, 2.75) is 17.7 Å². The third kappa shape index (κ3) is 2.87. The van der Waals surface area contributed by atoms with Crippen LogP contribution in [0.15, 0.2) is 23.1 Å². The van der Waals surface area contributed by atoms with Crippen LogP contribution in [0.4, 0.5) is 0 Å². The Kier molecular flexibility index (Phi) is 4.36. The first-order valence-corrected chi connectivity index (χ1v) is 8.00. The number of nitrogens with zero attached hydrogens (tertiary/aromatic N) is 2. The fraction of sp³-hybridized carbons (Fsp3) is 0.417. The van der Waals surface area contributed by atoms with Crippen LogP contribution < -0.4 is 0 Å². The molecule has 0 saturated carbocycles. The molecule has 1 heterocycles. The molecule has 7 heteroatoms. The zero-order valence-corrected chi connectivity index (χ0v) is 12.3. The lowest BCUT2D eigenvalue weighted by Crippen LogP contribution is -2.38. The number of nitriles is 1. The first kappa shape index (κ1) is 14.6. The van der Waals surface area contributed by atoms with Crippen molar-refractivity contribution in [3.05, 3.63) is 28.2 Å². The molecule has 102 valence electrons. The molecule has 0 aliphatic carbocycles. The van der Waals surface area contributed by atoms with Crippen LogP contribution >= 0.6 is 23.2 Å². The van der Waals surface area contributed by atoms with Crippen molar-refractivity contribution in [3.63, 3.8) is 0 Å². The fourth-order valence-electron chi connectivity index (χ4n) is 2.08. The third-order valence-corrected chi connectivity index (χ3v) is 6.01. The molecule has 4 nitrogen and oxygen atoms in total. The van der Waals surface area contributed by atoms with Crippen LogP contribution in [-0.2, 0) is 10.0 Å². The van der Waals surface area contributed by atoms with Crippen LogP contribution in [0, 0.1) is 17.2 Å². The van der Waals surface area contributed by atoms with Gasteiger partial charge in [0.05, 0.1) is 16.1 Å². The summed E-state index contributed by atoms with van der Waals surface area (Å²) in [6.45, 7) is 0.643. The van der Waals surface area contributed by atoms with Gasteiger partial charge in [0.1, 0.15) is 4.90 Å². The number of rotatable bonds is 2. The van der Waals surface area contributed by atoms with Crippen LogP contribution in [0.5, 0.6) is 0 Å². The molecular formula is C12H12Cl2N2O2S. The highest BCUT2D eigenvalue weighted by atomic mass is 35.5. The van der Waals surface area contributed by atoms with Gasteiger partial charge in [-0.2, -0.15) is 9.57 Å². The van der Waals surface area contributed by atoms with E-state index in [2.05, 4.69) is 6.07 Å². The second kappa shape index (κ2) is 5.68. The highest BCUT2D eigenvalue weighted by Gasteiger charge is 2.32. The average molecular weight is 319 g/mol. The number of hydrogen-bond acceptors (Lipinski definition) is 3. The van der Waals surface area contributed by atoms with Crippen LogP contribution in [0.3, 0.4) is 0 Å². The molecule has 1 aromatic rings. The minimum Gasteiger partial charge on any atom is -0.207 e. The zero-order valence-electron chi connectivity index (χ0n) is 10.0. The van der Waals surface area contributed by atoms with Crippen LogP contribution in [0.25, 0.3) is 0 Å². The summed E-state index contributed by atoms with van der Waals surface area (Å²) in [6.07, 6.45) is 1.08. The molecular weight excluding hydrogens is 307 g/mol. The molecule has 0 atom stereocenters. The number of piperidine rings is 1. The van der Waals surface area contributed by atoms with Crippen molar-refractivity contribution < 1.29 is 8.42 Å². The van der Waals surface area contributed by atoms with Gasteiger partial charge in [0, 0.05) is 19.0 Å². The van der Waals surface area contributed by atoms with Gasteiger partial charge in [-0.15, -0.1) is 0 Å². The predicted octanol–water partition coefficient (Wildman–Crippen LogP) is 2.92. The molecule has 2 rings (SSSR count). The van der Waals surface area contributed by atoms with E-state index in [4.69, 9.17) is 28.5 Å². The molecule has 0 spiro atoms. The molecule has 0 radical (unpaired) electrons. The van der Waals surface area contributed by atoms with Gasteiger partial charge >= 0.3 is 0 Å². The molecule has 1 aliphatic heterocycles. The maximum Gasteiger partial charge on any atom is 0.246 e. The molecule has 1 fully saturated rings. The van der Waals surface area contributed by atoms with Crippen LogP contribution in [0.2, 0.25) is 10.0 Å². The average Bonchev–Trinajstić information content (AvgIpc) is 2.38. The molecule has 1 aromatic carbocycles. The van der Waals surface area contributed by atoms with Gasteiger partial charge in [0.25, 0.3) is 0 Å². The smallest absolute Gasteiger partial charge is 0.207 e. The Morgan fingerprint density at radius 2 is 1.74 bits per heavy atom. The van der Waals surface area contributed by atoms with Crippen molar-refractivity contribution in [1.29, 1.82) is 5.26 Å². The summed E-state index contributed by atoms with van der Waals surface area (Å²) in [4.78, 5) is -0.0475. The summed E-state index contributed by atoms with van der Waals surface area (Å²) in [6, 6.07) is 6.77. The van der Waals surface area contributed by atoms with E-state index in [-0.39, 0.29) is 20.9 Å². The molecule has 19 heavy (non-hydrogen) atoms. The van der Waals surface area contributed by atoms with Crippen molar-refractivity contribution in [2.24, 2.45) is 5.92 Å². The normalized spacial score (nSPS) is 18.2. The number of sulfonamides is 1. The quantitative estimate of drug-likeness (QED) is 0.842. The summed E-state index contributed by atoms with van der Waals surface area (Å²) in [5, 5.41) is 9.07. The first-order chi connectivity index (χ1) is 8.96. The lowest BCUT2D eigenvalue weighted by molar-refractivity contribution is 0.310. The molecule has 0 bridgehead atoms. The molecule has 0 N–H and O–H groups in total. The van der Waals surface area contributed by atoms with Crippen molar-refractivity contribution in [1.82, 2.24) is 4.31 Å². The Balaban J connectivity index is 2.32. The Bertz CT molecular complexity index is 597. The number of benzene rings is 1. The molecule has 1 saturated heterocycles. The largest absolute Gasteiger partial charge is 0.246 e. The van der Waals surface area contributed by atoms with E-state index in [0.29, 0.717) is 25.9 Å².